The van der Waals surface area contributed by atoms with Crippen molar-refractivity contribution in [2.75, 3.05) is 20.2 Å². The van der Waals surface area contributed by atoms with Gasteiger partial charge in [0.1, 0.15) is 0 Å². The van der Waals surface area contributed by atoms with Crippen LogP contribution in [0.2, 0.25) is 0 Å². The Hall–Kier alpha value is -1.69. The fourth-order valence-electron chi connectivity index (χ4n) is 2.60. The maximum absolute atomic E-state index is 12.8. The molecule has 2 N–H and O–H groups in total. The van der Waals surface area contributed by atoms with Crippen molar-refractivity contribution >= 4 is 41.3 Å². The van der Waals surface area contributed by atoms with Gasteiger partial charge in [0, 0.05) is 43.4 Å². The molecule has 0 unspecified atom stereocenters. The molecule has 0 bridgehead atoms. The van der Waals surface area contributed by atoms with Gasteiger partial charge in [-0.05, 0) is 13.0 Å². The molecule has 0 radical (unpaired) electrons. The van der Waals surface area contributed by atoms with E-state index in [9.17, 15) is 8.78 Å². The van der Waals surface area contributed by atoms with Crippen LogP contribution >= 0.6 is 35.3 Å². The number of benzene rings is 1. The molecule has 0 spiro atoms. The van der Waals surface area contributed by atoms with Crippen molar-refractivity contribution in [1.82, 2.24) is 15.6 Å². The van der Waals surface area contributed by atoms with Crippen LogP contribution in [0.1, 0.15) is 43.0 Å². The molecule has 6 nitrogen and oxygen atoms in total. The molecule has 0 fully saturated rings. The quantitative estimate of drug-likeness (QED) is 0.251. The van der Waals surface area contributed by atoms with Crippen LogP contribution in [-0.4, -0.2) is 37.8 Å². The smallest absolute Gasteiger partial charge is 0.387 e. The monoisotopic (exact) mass is 554 g/mol. The summed E-state index contributed by atoms with van der Waals surface area (Å²) in [5, 5.41) is 9.53. The highest BCUT2D eigenvalue weighted by Crippen LogP contribution is 2.32. The molecule has 168 valence electrons. The van der Waals surface area contributed by atoms with Crippen LogP contribution in [0.4, 0.5) is 8.78 Å². The minimum atomic E-state index is -2.93. The average Bonchev–Trinajstić information content (AvgIpc) is 3.15. The van der Waals surface area contributed by atoms with E-state index in [2.05, 4.69) is 44.6 Å². The van der Waals surface area contributed by atoms with Crippen LogP contribution in [0.3, 0.4) is 0 Å². The average molecular weight is 554 g/mol. The van der Waals surface area contributed by atoms with Gasteiger partial charge in [-0.2, -0.15) is 8.78 Å². The van der Waals surface area contributed by atoms with E-state index in [0.29, 0.717) is 36.3 Å². The fourth-order valence-corrected chi connectivity index (χ4v) is 3.47. The second-order valence-electron chi connectivity index (χ2n) is 6.49. The largest absolute Gasteiger partial charge is 0.490 e. The van der Waals surface area contributed by atoms with Gasteiger partial charge in [-0.1, -0.05) is 26.0 Å². The van der Waals surface area contributed by atoms with E-state index in [1.165, 1.54) is 0 Å². The van der Waals surface area contributed by atoms with Crippen molar-refractivity contribution in [1.29, 1.82) is 0 Å². The molecule has 0 amide bonds. The zero-order valence-corrected chi connectivity index (χ0v) is 20.7. The topological polar surface area (TPSA) is 67.8 Å². The summed E-state index contributed by atoms with van der Waals surface area (Å²) in [6, 6.07) is 5.06. The molecular weight excluding hydrogens is 525 g/mol. The van der Waals surface area contributed by atoms with E-state index in [4.69, 9.17) is 4.74 Å². The van der Waals surface area contributed by atoms with E-state index in [1.54, 1.807) is 43.5 Å². The lowest BCUT2D eigenvalue weighted by Gasteiger charge is -2.17. The number of halogens is 3. The molecule has 0 aliphatic heterocycles. The molecule has 0 aliphatic rings. The molecular formula is C20H29F2IN4O2S. The van der Waals surface area contributed by atoms with Crippen molar-refractivity contribution < 1.29 is 18.3 Å². The lowest BCUT2D eigenvalue weighted by atomic mass is 10.2. The molecule has 2 aromatic rings. The van der Waals surface area contributed by atoms with Crippen LogP contribution in [0.5, 0.6) is 11.5 Å². The number of para-hydroxylation sites is 1. The van der Waals surface area contributed by atoms with Crippen molar-refractivity contribution in [3.05, 3.63) is 39.8 Å². The second-order valence-corrected chi connectivity index (χ2v) is 7.38. The third-order valence-electron chi connectivity index (χ3n) is 3.97. The second kappa shape index (κ2) is 13.6. The number of alkyl halides is 2. The summed E-state index contributed by atoms with van der Waals surface area (Å²) in [5.74, 6) is 1.32. The van der Waals surface area contributed by atoms with Gasteiger partial charge < -0.3 is 20.1 Å². The van der Waals surface area contributed by atoms with E-state index in [0.717, 1.165) is 17.1 Å². The predicted octanol–water partition coefficient (Wildman–Crippen LogP) is 4.79. The molecule has 2 rings (SSSR count). The molecule has 0 atom stereocenters. The van der Waals surface area contributed by atoms with Crippen LogP contribution in [0, 0.1) is 0 Å². The highest BCUT2D eigenvalue weighted by atomic mass is 127. The number of ether oxygens (including phenoxy) is 2. The van der Waals surface area contributed by atoms with Crippen LogP contribution in [0.25, 0.3) is 0 Å². The van der Waals surface area contributed by atoms with Crippen molar-refractivity contribution in [3.8, 4) is 11.5 Å². The number of thiazole rings is 1. The first-order chi connectivity index (χ1) is 13.9. The SMILES string of the molecule is CCOc1cccc(CNC(=NC)NCCc2csc(C(C)C)n2)c1OC(F)F.I. The Morgan fingerprint density at radius 1 is 1.27 bits per heavy atom. The first kappa shape index (κ1) is 26.3. The number of aromatic nitrogens is 1. The standard InChI is InChI=1S/C20H28F2N4O2S.HI/c1-5-27-16-8-6-7-14(17(16)28-19(21)22)11-25-20(23-4)24-10-9-15-12-29-18(26-15)13(2)3;/h6-8,12-13,19H,5,9-11H2,1-4H3,(H2,23,24,25);1H. The molecule has 30 heavy (non-hydrogen) atoms. The molecule has 1 heterocycles. The molecule has 10 heteroatoms. The summed E-state index contributed by atoms with van der Waals surface area (Å²) in [5.41, 5.74) is 1.60. The summed E-state index contributed by atoms with van der Waals surface area (Å²) in [6.07, 6.45) is 0.767. The summed E-state index contributed by atoms with van der Waals surface area (Å²) < 4.78 is 35.7. The maximum atomic E-state index is 12.8. The number of rotatable bonds is 10. The predicted molar refractivity (Wildman–Crippen MR) is 128 cm³/mol. The Balaban J connectivity index is 0.00000450. The summed E-state index contributed by atoms with van der Waals surface area (Å²) in [7, 11) is 1.65. The Labute approximate surface area is 197 Å². The van der Waals surface area contributed by atoms with E-state index < -0.39 is 6.61 Å². The number of aliphatic imine (C=N–C) groups is 1. The molecule has 1 aromatic carbocycles. The third-order valence-corrected chi connectivity index (χ3v) is 5.17. The highest BCUT2D eigenvalue weighted by Gasteiger charge is 2.16. The van der Waals surface area contributed by atoms with Gasteiger partial charge in [0.05, 0.1) is 17.3 Å². The van der Waals surface area contributed by atoms with Gasteiger partial charge in [-0.15, -0.1) is 35.3 Å². The normalized spacial score (nSPS) is 11.4. The lowest BCUT2D eigenvalue weighted by Crippen LogP contribution is -2.38. The third kappa shape index (κ3) is 8.21. The van der Waals surface area contributed by atoms with Crippen molar-refractivity contribution in [2.24, 2.45) is 4.99 Å². The Bertz CT molecular complexity index is 803. The van der Waals surface area contributed by atoms with Gasteiger partial charge in [0.2, 0.25) is 0 Å². The first-order valence-electron chi connectivity index (χ1n) is 9.52. The fraction of sp³-hybridized carbons (Fsp3) is 0.500. The lowest BCUT2D eigenvalue weighted by molar-refractivity contribution is -0.0520. The van der Waals surface area contributed by atoms with Crippen molar-refractivity contribution in [3.63, 3.8) is 0 Å². The minimum Gasteiger partial charge on any atom is -0.490 e. The van der Waals surface area contributed by atoms with Gasteiger partial charge in [0.15, 0.2) is 17.5 Å². The summed E-state index contributed by atoms with van der Waals surface area (Å²) in [4.78, 5) is 8.78. The van der Waals surface area contributed by atoms with Crippen LogP contribution in [0.15, 0.2) is 28.6 Å². The summed E-state index contributed by atoms with van der Waals surface area (Å²) in [6.45, 7) is 4.38. The molecule has 0 saturated carbocycles. The van der Waals surface area contributed by atoms with Crippen LogP contribution < -0.4 is 20.1 Å². The van der Waals surface area contributed by atoms with Gasteiger partial charge in [-0.25, -0.2) is 4.98 Å². The number of hydrogen-bond acceptors (Lipinski definition) is 5. The Morgan fingerprint density at radius 3 is 2.63 bits per heavy atom. The van der Waals surface area contributed by atoms with Crippen molar-refractivity contribution in [2.45, 2.75) is 46.3 Å². The minimum absolute atomic E-state index is 0. The molecule has 0 aliphatic carbocycles. The van der Waals surface area contributed by atoms with Gasteiger partial charge in [-0.3, -0.25) is 4.99 Å². The van der Waals surface area contributed by atoms with E-state index in [-0.39, 0.29) is 36.3 Å². The van der Waals surface area contributed by atoms with Crippen LogP contribution in [-0.2, 0) is 13.0 Å². The Morgan fingerprint density at radius 2 is 2.03 bits per heavy atom. The molecule has 1 aromatic heterocycles. The molecule has 0 saturated heterocycles. The number of nitrogens with one attached hydrogen (secondary N) is 2. The van der Waals surface area contributed by atoms with E-state index in [1.807, 2.05) is 0 Å². The van der Waals surface area contributed by atoms with Gasteiger partial charge >= 0.3 is 6.61 Å². The highest BCUT2D eigenvalue weighted by molar-refractivity contribution is 14.0. The number of guanidine groups is 1. The van der Waals surface area contributed by atoms with Gasteiger partial charge in [0.25, 0.3) is 0 Å². The summed E-state index contributed by atoms with van der Waals surface area (Å²) >= 11 is 1.67. The maximum Gasteiger partial charge on any atom is 0.387 e. The number of nitrogens with zero attached hydrogens (tertiary/aromatic N) is 2. The zero-order chi connectivity index (χ0) is 21.2. The zero-order valence-electron chi connectivity index (χ0n) is 17.6. The Kier molecular flexibility index (Phi) is 11.9. The first-order valence-corrected chi connectivity index (χ1v) is 10.4. The van der Waals surface area contributed by atoms with E-state index >= 15 is 0 Å². The number of hydrogen-bond donors (Lipinski definition) is 2.